The molecule has 0 aliphatic heterocycles. The van der Waals surface area contributed by atoms with Gasteiger partial charge >= 0.3 is 5.97 Å². The van der Waals surface area contributed by atoms with Gasteiger partial charge in [-0.15, -0.1) is 0 Å². The number of carbonyl (C=O) groups is 1. The van der Waals surface area contributed by atoms with Crippen LogP contribution in [0.5, 0.6) is 5.75 Å². The minimum absolute atomic E-state index is 0.390. The smallest absolute Gasteiger partial charge is 0.337 e. The molecule has 5 heteroatoms. The zero-order valence-electron chi connectivity index (χ0n) is 13.8. The van der Waals surface area contributed by atoms with Gasteiger partial charge in [0.05, 0.1) is 37.5 Å². The first-order valence-corrected chi connectivity index (χ1v) is 7.50. The Morgan fingerprint density at radius 3 is 2.54 bits per heavy atom. The Bertz CT molecular complexity index is 884. The molecule has 0 aliphatic rings. The van der Waals surface area contributed by atoms with Crippen LogP contribution in [0.4, 0.5) is 0 Å². The maximum absolute atomic E-state index is 11.7. The van der Waals surface area contributed by atoms with Crippen molar-refractivity contribution in [2.75, 3.05) is 14.2 Å². The first kappa shape index (κ1) is 15.8. The van der Waals surface area contributed by atoms with Crippen molar-refractivity contribution >= 4 is 5.97 Å². The summed E-state index contributed by atoms with van der Waals surface area (Å²) in [5, 5.41) is 0. The van der Waals surface area contributed by atoms with E-state index in [2.05, 4.69) is 4.98 Å². The van der Waals surface area contributed by atoms with E-state index in [-0.39, 0.29) is 0 Å². The minimum Gasteiger partial charge on any atom is -0.496 e. The van der Waals surface area contributed by atoms with E-state index in [4.69, 9.17) is 9.47 Å². The van der Waals surface area contributed by atoms with E-state index >= 15 is 0 Å². The summed E-state index contributed by atoms with van der Waals surface area (Å²) in [5.74, 6) is 0.223. The van der Waals surface area contributed by atoms with Crippen molar-refractivity contribution in [1.29, 1.82) is 0 Å². The highest BCUT2D eigenvalue weighted by Crippen LogP contribution is 2.35. The van der Waals surface area contributed by atoms with Crippen LogP contribution in [0.1, 0.15) is 16.1 Å². The molecule has 3 rings (SSSR count). The molecule has 0 aliphatic carbocycles. The number of methoxy groups -OCH3 is 2. The third-order valence-electron chi connectivity index (χ3n) is 3.81. The van der Waals surface area contributed by atoms with Gasteiger partial charge < -0.3 is 14.0 Å². The number of imidazole rings is 1. The maximum Gasteiger partial charge on any atom is 0.337 e. The molecule has 0 fully saturated rings. The molecule has 0 atom stereocenters. The van der Waals surface area contributed by atoms with Gasteiger partial charge in [0.25, 0.3) is 0 Å². The van der Waals surface area contributed by atoms with Crippen molar-refractivity contribution in [3.05, 3.63) is 66.2 Å². The minimum atomic E-state index is -0.390. The standard InChI is InChI=1S/C19H18N2O3/c1-13-11-21(12-20-13)17-7-5-4-6-15(17)16-9-8-14(19(22)24-3)10-18(16)23-2/h4-12H,1-3H3. The number of ether oxygens (including phenoxy) is 2. The van der Waals surface area contributed by atoms with Crippen LogP contribution in [0.3, 0.4) is 0 Å². The molecule has 5 nitrogen and oxygen atoms in total. The van der Waals surface area contributed by atoms with Crippen molar-refractivity contribution in [2.45, 2.75) is 6.92 Å². The van der Waals surface area contributed by atoms with Crippen LogP contribution in [0.15, 0.2) is 55.0 Å². The summed E-state index contributed by atoms with van der Waals surface area (Å²) in [6, 6.07) is 13.3. The highest BCUT2D eigenvalue weighted by Gasteiger charge is 2.15. The van der Waals surface area contributed by atoms with Crippen LogP contribution in [-0.2, 0) is 4.74 Å². The van der Waals surface area contributed by atoms with Crippen molar-refractivity contribution in [3.8, 4) is 22.6 Å². The van der Waals surface area contributed by atoms with E-state index in [0.29, 0.717) is 11.3 Å². The first-order valence-electron chi connectivity index (χ1n) is 7.50. The van der Waals surface area contributed by atoms with E-state index in [1.165, 1.54) is 7.11 Å². The Hall–Kier alpha value is -3.08. The third-order valence-corrected chi connectivity index (χ3v) is 3.81. The van der Waals surface area contributed by atoms with Gasteiger partial charge in [0.15, 0.2) is 0 Å². The summed E-state index contributed by atoms with van der Waals surface area (Å²) in [5.41, 5.74) is 4.27. The Morgan fingerprint density at radius 1 is 1.08 bits per heavy atom. The van der Waals surface area contributed by atoms with Crippen LogP contribution < -0.4 is 4.74 Å². The first-order chi connectivity index (χ1) is 11.6. The second kappa shape index (κ2) is 6.58. The Kier molecular flexibility index (Phi) is 4.33. The van der Waals surface area contributed by atoms with Gasteiger partial charge in [-0.1, -0.05) is 18.2 Å². The molecule has 1 heterocycles. The third kappa shape index (κ3) is 2.88. The predicted octanol–water partition coefficient (Wildman–Crippen LogP) is 3.64. The molecule has 0 spiro atoms. The number of nitrogens with zero attached hydrogens (tertiary/aromatic N) is 2. The lowest BCUT2D eigenvalue weighted by atomic mass is 10.0. The number of hydrogen-bond donors (Lipinski definition) is 0. The number of benzene rings is 2. The van der Waals surface area contributed by atoms with Gasteiger partial charge in [-0.05, 0) is 31.2 Å². The number of aryl methyl sites for hydroxylation is 1. The lowest BCUT2D eigenvalue weighted by Gasteiger charge is -2.14. The number of para-hydroxylation sites is 1. The van der Waals surface area contributed by atoms with Crippen molar-refractivity contribution in [1.82, 2.24) is 9.55 Å². The summed E-state index contributed by atoms with van der Waals surface area (Å²) < 4.78 is 12.2. The second-order valence-corrected chi connectivity index (χ2v) is 5.35. The van der Waals surface area contributed by atoms with Gasteiger partial charge in [-0.2, -0.15) is 0 Å². The van der Waals surface area contributed by atoms with Gasteiger partial charge in [-0.25, -0.2) is 9.78 Å². The van der Waals surface area contributed by atoms with Crippen molar-refractivity contribution in [3.63, 3.8) is 0 Å². The summed E-state index contributed by atoms with van der Waals surface area (Å²) in [6.45, 7) is 1.95. The quantitative estimate of drug-likeness (QED) is 0.688. The van der Waals surface area contributed by atoms with Gasteiger partial charge in [0.2, 0.25) is 0 Å². The molecule has 0 N–H and O–H groups in total. The topological polar surface area (TPSA) is 53.4 Å². The average molecular weight is 322 g/mol. The molecule has 0 saturated heterocycles. The van der Waals surface area contributed by atoms with E-state index in [1.807, 2.05) is 48.0 Å². The second-order valence-electron chi connectivity index (χ2n) is 5.35. The summed E-state index contributed by atoms with van der Waals surface area (Å²) in [6.07, 6.45) is 3.75. The fraction of sp³-hybridized carbons (Fsp3) is 0.158. The van der Waals surface area contributed by atoms with Gasteiger partial charge in [-0.3, -0.25) is 0 Å². The highest BCUT2D eigenvalue weighted by molar-refractivity contribution is 5.91. The lowest BCUT2D eigenvalue weighted by molar-refractivity contribution is 0.0600. The van der Waals surface area contributed by atoms with E-state index in [1.54, 1.807) is 25.6 Å². The maximum atomic E-state index is 11.7. The molecule has 0 unspecified atom stereocenters. The zero-order chi connectivity index (χ0) is 17.1. The summed E-state index contributed by atoms with van der Waals surface area (Å²) in [7, 11) is 2.95. The fourth-order valence-electron chi connectivity index (χ4n) is 2.64. The van der Waals surface area contributed by atoms with Crippen LogP contribution >= 0.6 is 0 Å². The molecule has 3 aromatic rings. The number of aromatic nitrogens is 2. The molecule has 0 amide bonds. The van der Waals surface area contributed by atoms with E-state index in [0.717, 1.165) is 22.5 Å². The summed E-state index contributed by atoms with van der Waals surface area (Å²) in [4.78, 5) is 16.0. The zero-order valence-corrected chi connectivity index (χ0v) is 13.8. The van der Waals surface area contributed by atoms with Gasteiger partial charge in [0.1, 0.15) is 5.75 Å². The molecule has 1 aromatic heterocycles. The molecule has 0 bridgehead atoms. The van der Waals surface area contributed by atoms with E-state index < -0.39 is 5.97 Å². The van der Waals surface area contributed by atoms with Crippen molar-refractivity contribution < 1.29 is 14.3 Å². The molecular formula is C19H18N2O3. The molecule has 2 aromatic carbocycles. The number of rotatable bonds is 4. The Balaban J connectivity index is 2.14. The van der Waals surface area contributed by atoms with Crippen LogP contribution in [0, 0.1) is 6.92 Å². The average Bonchev–Trinajstić information content (AvgIpc) is 3.06. The molecule has 24 heavy (non-hydrogen) atoms. The number of carbonyl (C=O) groups excluding carboxylic acids is 1. The largest absolute Gasteiger partial charge is 0.496 e. The van der Waals surface area contributed by atoms with Gasteiger partial charge in [0, 0.05) is 17.3 Å². The van der Waals surface area contributed by atoms with Crippen LogP contribution in [0.25, 0.3) is 16.8 Å². The van der Waals surface area contributed by atoms with Crippen LogP contribution in [-0.4, -0.2) is 29.7 Å². The SMILES string of the molecule is COC(=O)c1ccc(-c2ccccc2-n2cnc(C)c2)c(OC)c1. The predicted molar refractivity (Wildman–Crippen MR) is 91.6 cm³/mol. The molecule has 122 valence electrons. The number of esters is 1. The highest BCUT2D eigenvalue weighted by atomic mass is 16.5. The lowest BCUT2D eigenvalue weighted by Crippen LogP contribution is -2.02. The Morgan fingerprint density at radius 2 is 1.88 bits per heavy atom. The molecule has 0 radical (unpaired) electrons. The normalized spacial score (nSPS) is 10.5. The fourth-order valence-corrected chi connectivity index (χ4v) is 2.64. The van der Waals surface area contributed by atoms with E-state index in [9.17, 15) is 4.79 Å². The number of hydrogen-bond acceptors (Lipinski definition) is 4. The molecule has 0 saturated carbocycles. The Labute approximate surface area is 140 Å². The summed E-state index contributed by atoms with van der Waals surface area (Å²) >= 11 is 0. The van der Waals surface area contributed by atoms with Crippen LogP contribution in [0.2, 0.25) is 0 Å². The molecular weight excluding hydrogens is 304 g/mol. The van der Waals surface area contributed by atoms with Crippen molar-refractivity contribution in [2.24, 2.45) is 0 Å². The monoisotopic (exact) mass is 322 g/mol.